The highest BCUT2D eigenvalue weighted by Gasteiger charge is 2.20. The Hall–Kier alpha value is -3.09. The SMILES string of the molecule is CCC(NC(=O)Nc1ccc(-n2cccn2)cc1)c1c(C)noc1C. The van der Waals surface area contributed by atoms with Crippen LogP contribution in [0.2, 0.25) is 0 Å². The molecular weight excluding hydrogens is 318 g/mol. The Morgan fingerprint density at radius 3 is 2.60 bits per heavy atom. The molecule has 0 fully saturated rings. The van der Waals surface area contributed by atoms with Gasteiger partial charge < -0.3 is 15.2 Å². The zero-order chi connectivity index (χ0) is 17.8. The molecule has 1 unspecified atom stereocenters. The lowest BCUT2D eigenvalue weighted by Gasteiger charge is -2.17. The number of carbonyl (C=O) groups excluding carboxylic acids is 1. The van der Waals surface area contributed by atoms with Gasteiger partial charge >= 0.3 is 6.03 Å². The fraction of sp³-hybridized carbons (Fsp3) is 0.278. The lowest BCUT2D eigenvalue weighted by molar-refractivity contribution is 0.248. The zero-order valence-electron chi connectivity index (χ0n) is 14.5. The third-order valence-electron chi connectivity index (χ3n) is 4.04. The number of anilines is 1. The summed E-state index contributed by atoms with van der Waals surface area (Å²) in [7, 11) is 0. The standard InChI is InChI=1S/C18H21N5O2/c1-4-16(17-12(2)22-25-13(17)3)21-18(24)20-14-6-8-15(9-7-14)23-11-5-10-19-23/h5-11,16H,4H2,1-3H3,(H2,20,21,24). The molecule has 2 aromatic heterocycles. The average Bonchev–Trinajstić information content (AvgIpc) is 3.24. The number of hydrogen-bond donors (Lipinski definition) is 2. The molecule has 7 heteroatoms. The van der Waals surface area contributed by atoms with E-state index in [1.165, 1.54) is 0 Å². The van der Waals surface area contributed by atoms with Crippen LogP contribution in [0.15, 0.2) is 47.2 Å². The maximum Gasteiger partial charge on any atom is 0.319 e. The highest BCUT2D eigenvalue weighted by molar-refractivity contribution is 5.89. The number of nitrogens with zero attached hydrogens (tertiary/aromatic N) is 3. The van der Waals surface area contributed by atoms with E-state index in [9.17, 15) is 4.79 Å². The number of benzene rings is 1. The van der Waals surface area contributed by atoms with Gasteiger partial charge in [-0.1, -0.05) is 12.1 Å². The van der Waals surface area contributed by atoms with Gasteiger partial charge in [0, 0.05) is 23.6 Å². The molecule has 2 amide bonds. The molecule has 2 heterocycles. The molecule has 0 spiro atoms. The molecule has 0 saturated carbocycles. The molecule has 3 aromatic rings. The van der Waals surface area contributed by atoms with Crippen LogP contribution in [0.3, 0.4) is 0 Å². The quantitative estimate of drug-likeness (QED) is 0.741. The molecule has 7 nitrogen and oxygen atoms in total. The molecular formula is C18H21N5O2. The van der Waals surface area contributed by atoms with Gasteiger partial charge in [0.2, 0.25) is 0 Å². The van der Waals surface area contributed by atoms with Crippen LogP contribution in [-0.4, -0.2) is 21.0 Å². The largest absolute Gasteiger partial charge is 0.361 e. The van der Waals surface area contributed by atoms with Gasteiger partial charge in [0.1, 0.15) is 5.76 Å². The molecule has 0 aliphatic carbocycles. The fourth-order valence-corrected chi connectivity index (χ4v) is 2.81. The molecule has 0 aliphatic rings. The van der Waals surface area contributed by atoms with Crippen LogP contribution in [0.25, 0.3) is 5.69 Å². The van der Waals surface area contributed by atoms with Crippen LogP contribution < -0.4 is 10.6 Å². The fourth-order valence-electron chi connectivity index (χ4n) is 2.81. The van der Waals surface area contributed by atoms with E-state index < -0.39 is 0 Å². The highest BCUT2D eigenvalue weighted by atomic mass is 16.5. The van der Waals surface area contributed by atoms with E-state index in [4.69, 9.17) is 4.52 Å². The third kappa shape index (κ3) is 3.71. The van der Waals surface area contributed by atoms with Crippen LogP contribution >= 0.6 is 0 Å². The molecule has 0 saturated heterocycles. The molecule has 2 N–H and O–H groups in total. The molecule has 0 aliphatic heterocycles. The minimum Gasteiger partial charge on any atom is -0.361 e. The molecule has 1 atom stereocenters. The van der Waals surface area contributed by atoms with Crippen LogP contribution in [0.4, 0.5) is 10.5 Å². The van der Waals surface area contributed by atoms with Crippen LogP contribution in [0.5, 0.6) is 0 Å². The summed E-state index contributed by atoms with van der Waals surface area (Å²) < 4.78 is 6.95. The second kappa shape index (κ2) is 7.21. The molecule has 130 valence electrons. The Morgan fingerprint density at radius 1 is 1.28 bits per heavy atom. The van der Waals surface area contributed by atoms with Gasteiger partial charge in [-0.25, -0.2) is 9.48 Å². The number of aryl methyl sites for hydroxylation is 2. The number of nitrogens with one attached hydrogen (secondary N) is 2. The van der Waals surface area contributed by atoms with Crippen molar-refractivity contribution in [3.63, 3.8) is 0 Å². The molecule has 1 aromatic carbocycles. The van der Waals surface area contributed by atoms with Gasteiger partial charge in [0.25, 0.3) is 0 Å². The lowest BCUT2D eigenvalue weighted by Crippen LogP contribution is -2.32. The Morgan fingerprint density at radius 2 is 2.04 bits per heavy atom. The topological polar surface area (TPSA) is 85.0 Å². The summed E-state index contributed by atoms with van der Waals surface area (Å²) >= 11 is 0. The molecule has 0 bridgehead atoms. The molecule has 3 rings (SSSR count). The Kier molecular flexibility index (Phi) is 4.83. The Bertz CT molecular complexity index is 817. The third-order valence-corrected chi connectivity index (χ3v) is 4.04. The van der Waals surface area contributed by atoms with E-state index in [0.717, 1.165) is 29.1 Å². The first-order valence-electron chi connectivity index (χ1n) is 8.19. The van der Waals surface area contributed by atoms with E-state index in [0.29, 0.717) is 5.69 Å². The smallest absolute Gasteiger partial charge is 0.319 e. The van der Waals surface area contributed by atoms with Crippen molar-refractivity contribution >= 4 is 11.7 Å². The maximum absolute atomic E-state index is 12.3. The minimum absolute atomic E-state index is 0.144. The van der Waals surface area contributed by atoms with E-state index in [1.54, 1.807) is 10.9 Å². The van der Waals surface area contributed by atoms with Crippen molar-refractivity contribution in [1.29, 1.82) is 0 Å². The lowest BCUT2D eigenvalue weighted by atomic mass is 10.0. The Labute approximate surface area is 146 Å². The number of rotatable bonds is 5. The van der Waals surface area contributed by atoms with Crippen molar-refractivity contribution in [2.24, 2.45) is 0 Å². The van der Waals surface area contributed by atoms with E-state index >= 15 is 0 Å². The molecule has 25 heavy (non-hydrogen) atoms. The van der Waals surface area contributed by atoms with Crippen molar-refractivity contribution in [3.05, 3.63) is 59.7 Å². The van der Waals surface area contributed by atoms with E-state index in [-0.39, 0.29) is 12.1 Å². The summed E-state index contributed by atoms with van der Waals surface area (Å²) in [6.45, 7) is 5.74. The van der Waals surface area contributed by atoms with Crippen LogP contribution in [0, 0.1) is 13.8 Å². The van der Waals surface area contributed by atoms with Gasteiger partial charge in [0.05, 0.1) is 17.4 Å². The summed E-state index contributed by atoms with van der Waals surface area (Å²) in [6, 6.07) is 8.93. The van der Waals surface area contributed by atoms with Gasteiger partial charge in [-0.3, -0.25) is 0 Å². The van der Waals surface area contributed by atoms with E-state index in [1.807, 2.05) is 57.3 Å². The highest BCUT2D eigenvalue weighted by Crippen LogP contribution is 2.24. The minimum atomic E-state index is -0.265. The Balaban J connectivity index is 1.65. The second-order valence-electron chi connectivity index (χ2n) is 5.79. The average molecular weight is 339 g/mol. The van der Waals surface area contributed by atoms with Crippen LogP contribution in [-0.2, 0) is 0 Å². The normalized spacial score (nSPS) is 12.0. The van der Waals surface area contributed by atoms with Crippen molar-refractivity contribution < 1.29 is 9.32 Å². The summed E-state index contributed by atoms with van der Waals surface area (Å²) in [6.07, 6.45) is 4.33. The van der Waals surface area contributed by atoms with E-state index in [2.05, 4.69) is 20.9 Å². The number of aromatic nitrogens is 3. The van der Waals surface area contributed by atoms with Gasteiger partial charge in [0.15, 0.2) is 0 Å². The van der Waals surface area contributed by atoms with Crippen molar-refractivity contribution in [1.82, 2.24) is 20.3 Å². The number of urea groups is 1. The predicted octanol–water partition coefficient (Wildman–Crippen LogP) is 3.75. The first-order valence-corrected chi connectivity index (χ1v) is 8.19. The number of amides is 2. The molecule has 0 radical (unpaired) electrons. The van der Waals surface area contributed by atoms with Crippen LogP contribution in [0.1, 0.15) is 36.4 Å². The first-order chi connectivity index (χ1) is 12.1. The van der Waals surface area contributed by atoms with Crippen molar-refractivity contribution in [3.8, 4) is 5.69 Å². The first kappa shape index (κ1) is 16.8. The predicted molar refractivity (Wildman–Crippen MR) is 94.7 cm³/mol. The van der Waals surface area contributed by atoms with Crippen molar-refractivity contribution in [2.45, 2.75) is 33.2 Å². The summed E-state index contributed by atoms with van der Waals surface area (Å²) in [4.78, 5) is 12.3. The summed E-state index contributed by atoms with van der Waals surface area (Å²) in [5, 5.41) is 14.0. The number of hydrogen-bond acceptors (Lipinski definition) is 4. The summed E-state index contributed by atoms with van der Waals surface area (Å²) in [5.74, 6) is 0.730. The summed E-state index contributed by atoms with van der Waals surface area (Å²) in [5.41, 5.74) is 3.38. The zero-order valence-corrected chi connectivity index (χ0v) is 14.5. The van der Waals surface area contributed by atoms with Crippen molar-refractivity contribution in [2.75, 3.05) is 5.32 Å². The van der Waals surface area contributed by atoms with Gasteiger partial charge in [-0.15, -0.1) is 0 Å². The van der Waals surface area contributed by atoms with Gasteiger partial charge in [-0.2, -0.15) is 5.10 Å². The second-order valence-corrected chi connectivity index (χ2v) is 5.79. The maximum atomic E-state index is 12.3. The number of carbonyl (C=O) groups is 1. The monoisotopic (exact) mass is 339 g/mol. The van der Waals surface area contributed by atoms with Gasteiger partial charge in [-0.05, 0) is 50.6 Å².